The van der Waals surface area contributed by atoms with Gasteiger partial charge in [0.1, 0.15) is 11.8 Å². The fourth-order valence-corrected chi connectivity index (χ4v) is 5.27. The van der Waals surface area contributed by atoms with Crippen molar-refractivity contribution in [2.75, 3.05) is 28.4 Å². The summed E-state index contributed by atoms with van der Waals surface area (Å²) in [5, 5.41) is 13.1. The minimum absolute atomic E-state index is 0.0543. The van der Waals surface area contributed by atoms with E-state index in [2.05, 4.69) is 4.98 Å². The zero-order chi connectivity index (χ0) is 27.7. The lowest BCUT2D eigenvalue weighted by atomic mass is 9.91. The van der Waals surface area contributed by atoms with E-state index < -0.39 is 12.1 Å². The van der Waals surface area contributed by atoms with Gasteiger partial charge in [-0.2, -0.15) is 0 Å². The second kappa shape index (κ2) is 10.8. The quantitative estimate of drug-likeness (QED) is 0.325. The molecule has 0 saturated carbocycles. The van der Waals surface area contributed by atoms with Crippen molar-refractivity contribution in [3.8, 4) is 17.2 Å². The zero-order valence-electron chi connectivity index (χ0n) is 22.3. The summed E-state index contributed by atoms with van der Waals surface area (Å²) in [6, 6.07) is 13.1. The Kier molecular flexibility index (Phi) is 7.26. The molecule has 0 saturated heterocycles. The van der Waals surface area contributed by atoms with Gasteiger partial charge in [-0.25, -0.2) is 9.78 Å². The number of para-hydroxylation sites is 1. The number of benzene rings is 2. The Morgan fingerprint density at radius 3 is 2.38 bits per heavy atom. The van der Waals surface area contributed by atoms with Gasteiger partial charge in [-0.05, 0) is 42.7 Å². The predicted octanol–water partition coefficient (Wildman–Crippen LogP) is 4.76. The summed E-state index contributed by atoms with van der Waals surface area (Å²) < 4.78 is 23.6. The van der Waals surface area contributed by atoms with E-state index in [1.807, 2.05) is 41.0 Å². The number of hydrogen-bond donors (Lipinski definition) is 1. The van der Waals surface area contributed by atoms with Crippen LogP contribution in [-0.4, -0.2) is 54.8 Å². The molecule has 0 spiro atoms. The van der Waals surface area contributed by atoms with Crippen LogP contribution >= 0.6 is 0 Å². The van der Waals surface area contributed by atoms with Crippen LogP contribution in [0.3, 0.4) is 0 Å². The first-order valence-corrected chi connectivity index (χ1v) is 12.6. The van der Waals surface area contributed by atoms with Crippen LogP contribution < -0.4 is 14.2 Å². The molecule has 0 aliphatic heterocycles. The number of carbonyl (C=O) groups excluding carboxylic acids is 2. The van der Waals surface area contributed by atoms with Gasteiger partial charge in [0.2, 0.25) is 5.75 Å². The number of ether oxygens (including phenoxy) is 4. The third-order valence-electron chi connectivity index (χ3n) is 7.08. The summed E-state index contributed by atoms with van der Waals surface area (Å²) in [5.74, 6) is 0.748. The standard InChI is InChI=1S/C30H30N2O7/c1-36-24-13-17(14-25(37-2)29(24)38-3)16-32-22-11-7-5-9-18(22)20-15-21(30(35)39-4)31-26(27(20)32)28(34)19-10-6-8-12-23(19)33/h5,7,9-11,13-15,28,34H,6,8,12,16H2,1-4H3. The van der Waals surface area contributed by atoms with Gasteiger partial charge >= 0.3 is 5.97 Å². The van der Waals surface area contributed by atoms with Gasteiger partial charge in [-0.1, -0.05) is 24.3 Å². The molecule has 0 bridgehead atoms. The number of carbonyl (C=O) groups is 2. The second-order valence-electron chi connectivity index (χ2n) is 9.29. The zero-order valence-corrected chi connectivity index (χ0v) is 22.3. The molecule has 0 amide bonds. The predicted molar refractivity (Wildman–Crippen MR) is 146 cm³/mol. The Morgan fingerprint density at radius 2 is 1.74 bits per heavy atom. The van der Waals surface area contributed by atoms with Crippen molar-refractivity contribution in [1.82, 2.24) is 9.55 Å². The molecule has 4 aromatic rings. The highest BCUT2D eigenvalue weighted by molar-refractivity contribution is 6.11. The maximum Gasteiger partial charge on any atom is 0.356 e. The number of ketones is 1. The number of pyridine rings is 1. The molecule has 39 heavy (non-hydrogen) atoms. The minimum atomic E-state index is -1.31. The fraction of sp³-hybridized carbons (Fsp3) is 0.300. The van der Waals surface area contributed by atoms with Crippen LogP contribution in [0.1, 0.15) is 47.1 Å². The van der Waals surface area contributed by atoms with E-state index in [0.29, 0.717) is 53.1 Å². The van der Waals surface area contributed by atoms with Crippen molar-refractivity contribution < 1.29 is 33.6 Å². The van der Waals surface area contributed by atoms with E-state index in [9.17, 15) is 14.7 Å². The monoisotopic (exact) mass is 530 g/mol. The third-order valence-corrected chi connectivity index (χ3v) is 7.08. The molecule has 0 radical (unpaired) electrons. The number of allylic oxidation sites excluding steroid dienone is 1. The lowest BCUT2D eigenvalue weighted by Gasteiger charge is -2.20. The van der Waals surface area contributed by atoms with Crippen molar-refractivity contribution in [2.45, 2.75) is 31.9 Å². The molecule has 2 heterocycles. The van der Waals surface area contributed by atoms with Crippen molar-refractivity contribution >= 4 is 33.6 Å². The third kappa shape index (κ3) is 4.59. The number of rotatable bonds is 8. The molecule has 1 unspecified atom stereocenters. The van der Waals surface area contributed by atoms with Gasteiger partial charge in [0.05, 0.1) is 39.6 Å². The highest BCUT2D eigenvalue weighted by Crippen LogP contribution is 2.41. The number of aliphatic hydroxyl groups is 1. The van der Waals surface area contributed by atoms with E-state index >= 15 is 0 Å². The van der Waals surface area contributed by atoms with E-state index in [1.165, 1.54) is 7.11 Å². The van der Waals surface area contributed by atoms with Gasteiger partial charge in [0.15, 0.2) is 17.3 Å². The molecule has 9 heteroatoms. The fourth-order valence-electron chi connectivity index (χ4n) is 5.27. The molecule has 202 valence electrons. The van der Waals surface area contributed by atoms with Crippen molar-refractivity contribution in [3.63, 3.8) is 0 Å². The number of esters is 1. The molecular formula is C30H30N2O7. The summed E-state index contributed by atoms with van der Waals surface area (Å²) >= 11 is 0. The van der Waals surface area contributed by atoms with Gasteiger partial charge in [-0.15, -0.1) is 0 Å². The first-order chi connectivity index (χ1) is 18.9. The molecule has 5 rings (SSSR count). The molecule has 1 N–H and O–H groups in total. The Labute approximate surface area is 225 Å². The Morgan fingerprint density at radius 1 is 1.03 bits per heavy atom. The van der Waals surface area contributed by atoms with Crippen molar-refractivity contribution in [2.24, 2.45) is 0 Å². The highest BCUT2D eigenvalue weighted by Gasteiger charge is 2.29. The highest BCUT2D eigenvalue weighted by atomic mass is 16.5. The minimum Gasteiger partial charge on any atom is -0.493 e. The molecule has 9 nitrogen and oxygen atoms in total. The Hall–Kier alpha value is -4.37. The Bertz CT molecular complexity index is 1590. The van der Waals surface area contributed by atoms with Gasteiger partial charge in [-0.3, -0.25) is 4.79 Å². The Balaban J connectivity index is 1.80. The van der Waals surface area contributed by atoms with E-state index in [4.69, 9.17) is 18.9 Å². The molecule has 2 aromatic carbocycles. The molecule has 2 aromatic heterocycles. The van der Waals surface area contributed by atoms with Crippen LogP contribution in [0.2, 0.25) is 0 Å². The number of aliphatic hydroxyl groups excluding tert-OH is 1. The number of nitrogens with zero attached hydrogens (tertiary/aromatic N) is 2. The topological polar surface area (TPSA) is 109 Å². The summed E-state index contributed by atoms with van der Waals surface area (Å²) in [6.07, 6.45) is 2.24. The first kappa shape index (κ1) is 26.2. The van der Waals surface area contributed by atoms with Gasteiger partial charge < -0.3 is 28.6 Å². The van der Waals surface area contributed by atoms with Crippen LogP contribution in [0.5, 0.6) is 17.2 Å². The maximum absolute atomic E-state index is 12.8. The SMILES string of the molecule is COC(=O)c1cc2c3ccccc3n(Cc3cc(OC)c(OC)c(OC)c3)c2c(C(O)C2=CCCCC2=O)n1. The van der Waals surface area contributed by atoms with Gasteiger partial charge in [0, 0.05) is 34.8 Å². The van der Waals surface area contributed by atoms with Crippen LogP contribution in [0.15, 0.2) is 54.1 Å². The molecular weight excluding hydrogens is 500 g/mol. The van der Waals surface area contributed by atoms with E-state index in [1.54, 1.807) is 33.5 Å². The van der Waals surface area contributed by atoms with Crippen LogP contribution in [0.25, 0.3) is 21.8 Å². The van der Waals surface area contributed by atoms with Crippen LogP contribution in [0, 0.1) is 0 Å². The summed E-state index contributed by atoms with van der Waals surface area (Å²) in [7, 11) is 5.95. The number of hydrogen-bond acceptors (Lipinski definition) is 8. The average Bonchev–Trinajstić information content (AvgIpc) is 3.28. The number of aromatic nitrogens is 2. The maximum atomic E-state index is 12.8. The summed E-state index contributed by atoms with van der Waals surface area (Å²) in [4.78, 5) is 30.0. The van der Waals surface area contributed by atoms with Crippen molar-refractivity contribution in [3.05, 3.63) is 71.1 Å². The van der Waals surface area contributed by atoms with Gasteiger partial charge in [0.25, 0.3) is 0 Å². The molecule has 1 aliphatic rings. The number of fused-ring (bicyclic) bond motifs is 3. The normalized spacial score (nSPS) is 14.3. The molecule has 1 atom stereocenters. The lowest BCUT2D eigenvalue weighted by Crippen LogP contribution is -2.18. The average molecular weight is 531 g/mol. The number of Topliss-reactive ketones (excluding diaryl/α,β-unsaturated/α-hetero) is 1. The molecule has 1 aliphatic carbocycles. The number of methoxy groups -OCH3 is 4. The summed E-state index contributed by atoms with van der Waals surface area (Å²) in [5.41, 5.74) is 2.89. The van der Waals surface area contributed by atoms with E-state index in [-0.39, 0.29) is 17.2 Å². The van der Waals surface area contributed by atoms with E-state index in [0.717, 1.165) is 22.9 Å². The first-order valence-electron chi connectivity index (χ1n) is 12.6. The summed E-state index contributed by atoms with van der Waals surface area (Å²) in [6.45, 7) is 0.354. The largest absolute Gasteiger partial charge is 0.493 e. The van der Waals surface area contributed by atoms with Crippen LogP contribution in [0.4, 0.5) is 0 Å². The van der Waals surface area contributed by atoms with Crippen molar-refractivity contribution in [1.29, 1.82) is 0 Å². The second-order valence-corrected chi connectivity index (χ2v) is 9.29. The lowest BCUT2D eigenvalue weighted by molar-refractivity contribution is -0.117. The van der Waals surface area contributed by atoms with Crippen LogP contribution in [-0.2, 0) is 16.1 Å². The molecule has 0 fully saturated rings. The smallest absolute Gasteiger partial charge is 0.356 e.